The maximum atomic E-state index is 12.3. The van der Waals surface area contributed by atoms with Crippen LogP contribution in [0.25, 0.3) is 6.08 Å². The number of Topliss-reactive ketones (excluding diaryl/α,β-unsaturated/α-hetero) is 1. The normalized spacial score (nSPS) is 19.6. The molecule has 0 heterocycles. The molecule has 2 rings (SSSR count). The second-order valence-corrected chi connectivity index (χ2v) is 8.30. The molecule has 0 spiro atoms. The van der Waals surface area contributed by atoms with E-state index in [4.69, 9.17) is 19.3 Å². The zero-order valence-electron chi connectivity index (χ0n) is 15.7. The van der Waals surface area contributed by atoms with Gasteiger partial charge in [-0.3, -0.25) is 14.2 Å². The van der Waals surface area contributed by atoms with Gasteiger partial charge in [0.1, 0.15) is 23.4 Å². The van der Waals surface area contributed by atoms with Crippen molar-refractivity contribution >= 4 is 25.2 Å². The summed E-state index contributed by atoms with van der Waals surface area (Å²) in [6, 6.07) is 2.43. The van der Waals surface area contributed by atoms with E-state index in [2.05, 4.69) is 0 Å². The number of benzene rings is 1. The molecule has 1 aliphatic carbocycles. The molecule has 10 heteroatoms. The number of hydrogen-bond donors (Lipinski definition) is 4. The Morgan fingerprint density at radius 3 is 2.45 bits per heavy atom. The topological polar surface area (TPSA) is 151 Å². The molecule has 0 saturated carbocycles. The fraction of sp³-hybridized carbons (Fsp3) is 0.368. The second kappa shape index (κ2) is 9.84. The standard InChI is InChI=1S/C19H23O9P/c1-27-19-6-3-12(9-18(19)23)15(20)5-4-14-16(21)10-13(11-17(14)22)28-7-2-8-29(24,25)26/h3-6,10-12,19,21-22H,2,7-9H2,1H3,(H2,24,25,26). The van der Waals surface area contributed by atoms with Crippen LogP contribution in [0.2, 0.25) is 0 Å². The minimum absolute atomic E-state index is 0.00167. The van der Waals surface area contributed by atoms with Gasteiger partial charge in [-0.2, -0.15) is 0 Å². The van der Waals surface area contributed by atoms with Crippen LogP contribution in [0, 0.1) is 5.92 Å². The first-order valence-corrected chi connectivity index (χ1v) is 10.6. The lowest BCUT2D eigenvalue weighted by atomic mass is 9.89. The Morgan fingerprint density at radius 1 is 1.24 bits per heavy atom. The first-order valence-electron chi connectivity index (χ1n) is 8.80. The van der Waals surface area contributed by atoms with Crippen LogP contribution in [0.3, 0.4) is 0 Å². The Morgan fingerprint density at radius 2 is 1.90 bits per heavy atom. The molecule has 0 saturated heterocycles. The predicted octanol–water partition coefficient (Wildman–Crippen LogP) is 1.79. The van der Waals surface area contributed by atoms with Gasteiger partial charge in [0, 0.05) is 31.6 Å². The number of allylic oxidation sites excluding steroid dienone is 2. The zero-order valence-corrected chi connectivity index (χ0v) is 16.6. The smallest absolute Gasteiger partial charge is 0.325 e. The summed E-state index contributed by atoms with van der Waals surface area (Å²) in [5, 5.41) is 20.2. The van der Waals surface area contributed by atoms with Gasteiger partial charge in [-0.15, -0.1) is 0 Å². The maximum Gasteiger partial charge on any atom is 0.325 e. The van der Waals surface area contributed by atoms with Crippen molar-refractivity contribution in [2.45, 2.75) is 18.9 Å². The molecule has 9 nitrogen and oxygen atoms in total. The van der Waals surface area contributed by atoms with E-state index < -0.39 is 19.6 Å². The van der Waals surface area contributed by atoms with Crippen LogP contribution in [-0.2, 0) is 18.9 Å². The number of rotatable bonds is 9. The van der Waals surface area contributed by atoms with Crippen molar-refractivity contribution < 1.29 is 43.6 Å². The lowest BCUT2D eigenvalue weighted by Crippen LogP contribution is -2.29. The van der Waals surface area contributed by atoms with Gasteiger partial charge in [0.25, 0.3) is 0 Å². The molecule has 0 amide bonds. The summed E-state index contributed by atoms with van der Waals surface area (Å²) < 4.78 is 21.0. The molecule has 0 aromatic heterocycles. The molecular formula is C19H23O9P. The molecule has 0 fully saturated rings. The van der Waals surface area contributed by atoms with Gasteiger partial charge in [0.15, 0.2) is 11.6 Å². The maximum absolute atomic E-state index is 12.3. The number of carbonyl (C=O) groups excluding carboxylic acids is 2. The molecule has 0 aliphatic heterocycles. The van der Waals surface area contributed by atoms with E-state index in [0.29, 0.717) is 0 Å². The lowest BCUT2D eigenvalue weighted by Gasteiger charge is -2.18. The van der Waals surface area contributed by atoms with Gasteiger partial charge in [0.05, 0.1) is 18.3 Å². The molecule has 1 aromatic carbocycles. The number of aromatic hydroxyl groups is 2. The highest BCUT2D eigenvalue weighted by Crippen LogP contribution is 2.36. The third-order valence-corrected chi connectivity index (χ3v) is 5.16. The summed E-state index contributed by atoms with van der Waals surface area (Å²) in [6.45, 7) is -0.0117. The number of carbonyl (C=O) groups is 2. The Kier molecular flexibility index (Phi) is 7.75. The second-order valence-electron chi connectivity index (χ2n) is 6.52. The van der Waals surface area contributed by atoms with Gasteiger partial charge < -0.3 is 29.5 Å². The third kappa shape index (κ3) is 6.83. The number of ketones is 2. The van der Waals surface area contributed by atoms with E-state index in [1.54, 1.807) is 6.08 Å². The van der Waals surface area contributed by atoms with E-state index in [1.807, 2.05) is 0 Å². The van der Waals surface area contributed by atoms with Crippen LogP contribution in [0.1, 0.15) is 18.4 Å². The van der Waals surface area contributed by atoms with Crippen LogP contribution in [0.4, 0.5) is 0 Å². The van der Waals surface area contributed by atoms with Crippen molar-refractivity contribution in [1.29, 1.82) is 0 Å². The summed E-state index contributed by atoms with van der Waals surface area (Å²) in [5.74, 6) is -1.76. The number of hydrogen-bond acceptors (Lipinski definition) is 7. The van der Waals surface area contributed by atoms with Crippen molar-refractivity contribution in [2.24, 2.45) is 5.92 Å². The molecule has 1 aromatic rings. The monoisotopic (exact) mass is 426 g/mol. The van der Waals surface area contributed by atoms with E-state index in [0.717, 1.165) is 0 Å². The molecule has 0 radical (unpaired) electrons. The van der Waals surface area contributed by atoms with Gasteiger partial charge in [0.2, 0.25) is 0 Å². The number of ether oxygens (including phenoxy) is 2. The molecule has 4 N–H and O–H groups in total. The van der Waals surface area contributed by atoms with Crippen LogP contribution < -0.4 is 4.74 Å². The summed E-state index contributed by atoms with van der Waals surface area (Å²) in [4.78, 5) is 41.7. The largest absolute Gasteiger partial charge is 0.507 e. The average molecular weight is 426 g/mol. The molecule has 29 heavy (non-hydrogen) atoms. The highest BCUT2D eigenvalue weighted by atomic mass is 31.2. The Hall–Kier alpha value is -2.45. The Balaban J connectivity index is 2.01. The summed E-state index contributed by atoms with van der Waals surface area (Å²) in [5.41, 5.74) is 0.00167. The van der Waals surface area contributed by atoms with Crippen molar-refractivity contribution in [2.75, 3.05) is 19.9 Å². The van der Waals surface area contributed by atoms with Crippen molar-refractivity contribution in [1.82, 2.24) is 0 Å². The summed E-state index contributed by atoms with van der Waals surface area (Å²) in [6.07, 6.45) is 4.65. The van der Waals surface area contributed by atoms with Gasteiger partial charge in [-0.1, -0.05) is 12.2 Å². The van der Waals surface area contributed by atoms with Crippen LogP contribution in [-0.4, -0.2) is 57.5 Å². The quantitative estimate of drug-likeness (QED) is 0.200. The fourth-order valence-electron chi connectivity index (χ4n) is 2.75. The van der Waals surface area contributed by atoms with Crippen LogP contribution >= 0.6 is 7.60 Å². The Labute approximate surface area is 167 Å². The number of phenols is 2. The zero-order chi connectivity index (χ0) is 21.6. The SMILES string of the molecule is COC1C=CC(C(=O)C=Cc2c(O)cc(OCCCP(=O)(O)O)cc2O)CC1=O. The van der Waals surface area contributed by atoms with Crippen LogP contribution in [0.15, 0.2) is 30.4 Å². The third-order valence-electron chi connectivity index (χ3n) is 4.26. The van der Waals surface area contributed by atoms with Crippen LogP contribution in [0.5, 0.6) is 17.2 Å². The number of phenolic OH excluding ortho intramolecular Hbond substituents is 2. The first kappa shape index (κ1) is 22.8. The van der Waals surface area contributed by atoms with Crippen molar-refractivity contribution in [3.63, 3.8) is 0 Å². The van der Waals surface area contributed by atoms with E-state index >= 15 is 0 Å². The van der Waals surface area contributed by atoms with Crippen molar-refractivity contribution in [3.8, 4) is 17.2 Å². The first-order chi connectivity index (χ1) is 13.6. The minimum Gasteiger partial charge on any atom is -0.507 e. The molecule has 2 unspecified atom stereocenters. The summed E-state index contributed by atoms with van der Waals surface area (Å²) in [7, 11) is -2.70. The molecule has 2 atom stereocenters. The fourth-order valence-corrected chi connectivity index (χ4v) is 3.29. The van der Waals surface area contributed by atoms with Gasteiger partial charge in [-0.25, -0.2) is 0 Å². The lowest BCUT2D eigenvalue weighted by molar-refractivity contribution is -0.130. The Bertz CT molecular complexity index is 845. The molecular weight excluding hydrogens is 403 g/mol. The molecule has 0 bridgehead atoms. The summed E-state index contributed by atoms with van der Waals surface area (Å²) >= 11 is 0. The van der Waals surface area contributed by atoms with Gasteiger partial charge >= 0.3 is 7.60 Å². The number of methoxy groups -OCH3 is 1. The van der Waals surface area contributed by atoms with E-state index in [1.165, 1.54) is 37.5 Å². The van der Waals surface area contributed by atoms with E-state index in [9.17, 15) is 24.4 Å². The molecule has 158 valence electrons. The average Bonchev–Trinajstić information content (AvgIpc) is 2.63. The van der Waals surface area contributed by atoms with E-state index in [-0.39, 0.29) is 60.0 Å². The highest BCUT2D eigenvalue weighted by Gasteiger charge is 2.26. The van der Waals surface area contributed by atoms with Crippen molar-refractivity contribution in [3.05, 3.63) is 35.9 Å². The molecule has 1 aliphatic rings. The predicted molar refractivity (Wildman–Crippen MR) is 104 cm³/mol. The highest BCUT2D eigenvalue weighted by molar-refractivity contribution is 7.51. The minimum atomic E-state index is -4.11. The van der Waals surface area contributed by atoms with Gasteiger partial charge in [-0.05, 0) is 18.6 Å².